The Kier molecular flexibility index (Phi) is 8.30. The van der Waals surface area contributed by atoms with Gasteiger partial charge in [-0.25, -0.2) is 18.2 Å². The Morgan fingerprint density at radius 3 is 2.43 bits per heavy atom. The average Bonchev–Trinajstić information content (AvgIpc) is 3.47. The molecule has 4 heterocycles. The largest absolute Gasteiger partial charge is 0.477 e. The predicted molar refractivity (Wildman–Crippen MR) is 163 cm³/mol. The fourth-order valence-electron chi connectivity index (χ4n) is 6.36. The number of benzene rings is 1. The number of carboxylic acids is 1. The average molecular weight is 610 g/mol. The van der Waals surface area contributed by atoms with Crippen molar-refractivity contribution < 1.29 is 23.1 Å². The van der Waals surface area contributed by atoms with Gasteiger partial charge in [0.05, 0.1) is 18.3 Å². The molecule has 1 aromatic carbocycles. The standard InChI is InChI=1S/C30H35N5O5S2/c36-28-20-34(42(39,40)23-11-12-27(32-18-23)33-15-13-31-14-16-33)19-25(21-7-3-1-4-8-21)35(28)24-17-26(41-29(24)30(37)38)22-9-5-2-6-10-22/h2,5-6,9-12,17-18,21,25,31H,1,3-4,7-8,13-16,19-20H2,(H,37,38)/t25-/m1/s1. The van der Waals surface area contributed by atoms with Gasteiger partial charge in [-0.15, -0.1) is 11.3 Å². The second kappa shape index (κ2) is 12.1. The summed E-state index contributed by atoms with van der Waals surface area (Å²) in [4.78, 5) is 35.4. The van der Waals surface area contributed by atoms with Crippen molar-refractivity contribution in [3.05, 3.63) is 59.6 Å². The van der Waals surface area contributed by atoms with Crippen LogP contribution in [0.15, 0.2) is 59.6 Å². The number of pyridine rings is 1. The molecular formula is C30H35N5O5S2. The fraction of sp³-hybridized carbons (Fsp3) is 0.433. The van der Waals surface area contributed by atoms with Crippen molar-refractivity contribution in [3.8, 4) is 10.4 Å². The minimum Gasteiger partial charge on any atom is -0.477 e. The number of anilines is 2. The van der Waals surface area contributed by atoms with Gasteiger partial charge in [-0.1, -0.05) is 49.6 Å². The highest BCUT2D eigenvalue weighted by Gasteiger charge is 2.44. The molecular weight excluding hydrogens is 574 g/mol. The maximum absolute atomic E-state index is 13.9. The monoisotopic (exact) mass is 609 g/mol. The number of thiophene rings is 1. The van der Waals surface area contributed by atoms with Gasteiger partial charge in [0.25, 0.3) is 0 Å². The van der Waals surface area contributed by atoms with E-state index in [0.717, 1.165) is 85.9 Å². The zero-order valence-corrected chi connectivity index (χ0v) is 24.9. The first-order chi connectivity index (χ1) is 20.3. The first-order valence-corrected chi connectivity index (χ1v) is 16.7. The minimum absolute atomic E-state index is 0.0538. The summed E-state index contributed by atoms with van der Waals surface area (Å²) in [5.41, 5.74) is 1.22. The van der Waals surface area contributed by atoms with E-state index in [2.05, 4.69) is 15.2 Å². The number of amides is 1. The molecule has 2 saturated heterocycles. The first-order valence-electron chi connectivity index (χ1n) is 14.5. The Bertz CT molecular complexity index is 1530. The van der Waals surface area contributed by atoms with Crippen LogP contribution in [0.3, 0.4) is 0 Å². The van der Waals surface area contributed by atoms with Crippen LogP contribution in [-0.2, 0) is 14.8 Å². The number of carbonyl (C=O) groups is 2. The topological polar surface area (TPSA) is 123 Å². The number of aromatic carboxylic acids is 1. The summed E-state index contributed by atoms with van der Waals surface area (Å²) < 4.78 is 29.0. The molecule has 222 valence electrons. The zero-order valence-electron chi connectivity index (χ0n) is 23.3. The molecule has 2 aliphatic heterocycles. The van der Waals surface area contributed by atoms with Crippen molar-refractivity contribution in [2.24, 2.45) is 5.92 Å². The van der Waals surface area contributed by atoms with Crippen molar-refractivity contribution >= 4 is 44.7 Å². The number of hydrogen-bond acceptors (Lipinski definition) is 8. The van der Waals surface area contributed by atoms with E-state index >= 15 is 0 Å². The lowest BCUT2D eigenvalue weighted by molar-refractivity contribution is -0.121. The summed E-state index contributed by atoms with van der Waals surface area (Å²) in [5, 5.41) is 13.4. The van der Waals surface area contributed by atoms with E-state index in [9.17, 15) is 23.1 Å². The second-order valence-corrected chi connectivity index (χ2v) is 14.1. The normalized spacial score (nSPS) is 21.0. The number of carboxylic acid groups (broad SMARTS) is 1. The molecule has 3 aliphatic rings. The molecule has 3 aromatic rings. The summed E-state index contributed by atoms with van der Waals surface area (Å²) in [6.07, 6.45) is 6.20. The molecule has 12 heteroatoms. The molecule has 1 amide bonds. The van der Waals surface area contributed by atoms with Crippen LogP contribution >= 0.6 is 11.3 Å². The molecule has 6 rings (SSSR count). The van der Waals surface area contributed by atoms with Gasteiger partial charge in [-0.05, 0) is 42.5 Å². The van der Waals surface area contributed by atoms with E-state index in [1.807, 2.05) is 30.3 Å². The van der Waals surface area contributed by atoms with Crippen LogP contribution in [0, 0.1) is 5.92 Å². The second-order valence-electron chi connectivity index (χ2n) is 11.1. The third-order valence-electron chi connectivity index (χ3n) is 8.52. The molecule has 10 nitrogen and oxygen atoms in total. The van der Waals surface area contributed by atoms with Crippen LogP contribution in [0.25, 0.3) is 10.4 Å². The number of aromatic nitrogens is 1. The molecule has 42 heavy (non-hydrogen) atoms. The van der Waals surface area contributed by atoms with Gasteiger partial charge >= 0.3 is 5.97 Å². The van der Waals surface area contributed by atoms with Crippen LogP contribution in [0.1, 0.15) is 41.8 Å². The van der Waals surface area contributed by atoms with E-state index in [1.54, 1.807) is 23.1 Å². The molecule has 2 aromatic heterocycles. The highest BCUT2D eigenvalue weighted by atomic mass is 32.2. The molecule has 0 unspecified atom stereocenters. The third-order valence-corrected chi connectivity index (χ3v) is 11.5. The summed E-state index contributed by atoms with van der Waals surface area (Å²) in [6, 6.07) is 14.1. The van der Waals surface area contributed by atoms with E-state index in [1.165, 1.54) is 10.5 Å². The maximum Gasteiger partial charge on any atom is 0.348 e. The predicted octanol–water partition coefficient (Wildman–Crippen LogP) is 3.90. The molecule has 1 aliphatic carbocycles. The Balaban J connectivity index is 1.33. The highest BCUT2D eigenvalue weighted by Crippen LogP contribution is 2.42. The van der Waals surface area contributed by atoms with Crippen LogP contribution < -0.4 is 15.1 Å². The van der Waals surface area contributed by atoms with Crippen molar-refractivity contribution in [2.45, 2.75) is 43.0 Å². The first kappa shape index (κ1) is 28.8. The molecule has 0 bridgehead atoms. The van der Waals surface area contributed by atoms with Crippen LogP contribution in [0.5, 0.6) is 0 Å². The lowest BCUT2D eigenvalue weighted by Gasteiger charge is -2.44. The highest BCUT2D eigenvalue weighted by molar-refractivity contribution is 7.89. The molecule has 0 radical (unpaired) electrons. The van der Waals surface area contributed by atoms with Gasteiger partial charge in [-0.3, -0.25) is 4.79 Å². The van der Waals surface area contributed by atoms with Crippen molar-refractivity contribution in [2.75, 3.05) is 49.1 Å². The smallest absolute Gasteiger partial charge is 0.348 e. The quantitative estimate of drug-likeness (QED) is 0.414. The maximum atomic E-state index is 13.9. The summed E-state index contributed by atoms with van der Waals surface area (Å²) in [7, 11) is -4.01. The van der Waals surface area contributed by atoms with E-state index in [-0.39, 0.29) is 28.8 Å². The van der Waals surface area contributed by atoms with Crippen molar-refractivity contribution in [3.63, 3.8) is 0 Å². The van der Waals surface area contributed by atoms with Gasteiger partial charge in [0.15, 0.2) is 0 Å². The summed E-state index contributed by atoms with van der Waals surface area (Å²) >= 11 is 1.14. The van der Waals surface area contributed by atoms with Crippen molar-refractivity contribution in [1.29, 1.82) is 0 Å². The van der Waals surface area contributed by atoms with Gasteiger partial charge in [0.1, 0.15) is 15.6 Å². The number of carbonyl (C=O) groups excluding carboxylic acids is 1. The van der Waals surface area contributed by atoms with Crippen LogP contribution in [0.2, 0.25) is 0 Å². The number of sulfonamides is 1. The summed E-state index contributed by atoms with van der Waals surface area (Å²) in [6.45, 7) is 3.03. The number of piperazine rings is 2. The molecule has 1 atom stereocenters. The van der Waals surface area contributed by atoms with Gasteiger partial charge < -0.3 is 20.2 Å². The van der Waals surface area contributed by atoms with Gasteiger partial charge in [-0.2, -0.15) is 4.31 Å². The van der Waals surface area contributed by atoms with Crippen LogP contribution in [0.4, 0.5) is 11.5 Å². The SMILES string of the molecule is O=C(O)c1sc(-c2ccccc2)cc1N1C(=O)CN(S(=O)(=O)c2ccc(N3CCNCC3)nc2)C[C@@H]1C1CCCCC1. The number of hydrogen-bond donors (Lipinski definition) is 2. The van der Waals surface area contributed by atoms with E-state index in [4.69, 9.17) is 0 Å². The van der Waals surface area contributed by atoms with E-state index in [0.29, 0.717) is 5.69 Å². The Morgan fingerprint density at radius 2 is 1.76 bits per heavy atom. The van der Waals surface area contributed by atoms with Gasteiger partial charge in [0, 0.05) is 43.8 Å². The minimum atomic E-state index is -4.01. The Hall–Kier alpha value is -3.32. The number of nitrogens with zero attached hydrogens (tertiary/aromatic N) is 4. The van der Waals surface area contributed by atoms with E-state index < -0.39 is 27.9 Å². The molecule has 3 fully saturated rings. The number of rotatable bonds is 7. The summed E-state index contributed by atoms with van der Waals surface area (Å²) in [5.74, 6) is -0.719. The van der Waals surface area contributed by atoms with Gasteiger partial charge in [0.2, 0.25) is 15.9 Å². The Morgan fingerprint density at radius 1 is 1.02 bits per heavy atom. The fourth-order valence-corrected chi connectivity index (χ4v) is 8.70. The third kappa shape index (κ3) is 5.68. The zero-order chi connectivity index (χ0) is 29.3. The Labute approximate surface area is 250 Å². The lowest BCUT2D eigenvalue weighted by Crippen LogP contribution is -2.60. The molecule has 1 saturated carbocycles. The lowest BCUT2D eigenvalue weighted by atomic mass is 9.82. The van der Waals surface area contributed by atoms with Crippen LogP contribution in [-0.4, -0.2) is 80.0 Å². The molecule has 0 spiro atoms. The number of nitrogens with one attached hydrogen (secondary N) is 1. The van der Waals surface area contributed by atoms with Crippen molar-refractivity contribution in [1.82, 2.24) is 14.6 Å². The molecule has 2 N–H and O–H groups in total.